The Bertz CT molecular complexity index is 514. The van der Waals surface area contributed by atoms with Gasteiger partial charge in [-0.05, 0) is 31.9 Å². The summed E-state index contributed by atoms with van der Waals surface area (Å²) in [6.45, 7) is 2.27. The molecule has 5 nitrogen and oxygen atoms in total. The third-order valence-corrected chi connectivity index (χ3v) is 4.45. The Morgan fingerprint density at radius 3 is 2.90 bits per heavy atom. The molecule has 6 heteroatoms. The molecule has 0 spiro atoms. The Kier molecular flexibility index (Phi) is 5.64. The number of ether oxygens (including phenoxy) is 2. The quantitative estimate of drug-likeness (QED) is 0.642. The van der Waals surface area contributed by atoms with Gasteiger partial charge in [0.2, 0.25) is 0 Å². The van der Waals surface area contributed by atoms with Crippen LogP contribution in [0, 0.1) is 0 Å². The summed E-state index contributed by atoms with van der Waals surface area (Å²) in [6, 6.07) is 7.19. The van der Waals surface area contributed by atoms with E-state index < -0.39 is 18.0 Å². The Balaban J connectivity index is 2.01. The van der Waals surface area contributed by atoms with Gasteiger partial charge in [-0.15, -0.1) is 11.8 Å². The lowest BCUT2D eigenvalue weighted by molar-refractivity contribution is -0.125. The van der Waals surface area contributed by atoms with E-state index in [0.717, 1.165) is 30.1 Å². The fourth-order valence-corrected chi connectivity index (χ4v) is 3.11. The van der Waals surface area contributed by atoms with Crippen molar-refractivity contribution in [3.05, 3.63) is 29.8 Å². The molecule has 0 aliphatic carbocycles. The highest BCUT2D eigenvalue weighted by molar-refractivity contribution is 7.99. The van der Waals surface area contributed by atoms with E-state index in [1.807, 2.05) is 12.1 Å². The Morgan fingerprint density at radius 2 is 2.24 bits per heavy atom. The van der Waals surface area contributed by atoms with Gasteiger partial charge in [0.1, 0.15) is 0 Å². The van der Waals surface area contributed by atoms with Gasteiger partial charge in [-0.3, -0.25) is 4.79 Å². The van der Waals surface area contributed by atoms with Crippen LogP contribution < -0.4 is 5.73 Å². The number of nitrogens with two attached hydrogens (primary N) is 1. The second-order valence-corrected chi connectivity index (χ2v) is 5.95. The van der Waals surface area contributed by atoms with Gasteiger partial charge in [0.05, 0.1) is 11.7 Å². The number of esters is 1. The van der Waals surface area contributed by atoms with Crippen LogP contribution in [0.25, 0.3) is 0 Å². The summed E-state index contributed by atoms with van der Waals surface area (Å²) in [6.07, 6.45) is 1.45. The molecule has 114 valence electrons. The lowest BCUT2D eigenvalue weighted by Gasteiger charge is -2.13. The molecule has 1 aliphatic rings. The number of carbonyl (C=O) groups is 2. The monoisotopic (exact) mass is 309 g/mol. The van der Waals surface area contributed by atoms with Crippen molar-refractivity contribution in [2.75, 3.05) is 12.4 Å². The molecular formula is C15H19NO4S. The average molecular weight is 309 g/mol. The van der Waals surface area contributed by atoms with Crippen LogP contribution in [0.5, 0.6) is 0 Å². The van der Waals surface area contributed by atoms with Gasteiger partial charge in [-0.1, -0.05) is 12.1 Å². The molecule has 1 aromatic carbocycles. The predicted molar refractivity (Wildman–Crippen MR) is 80.2 cm³/mol. The molecule has 0 bridgehead atoms. The van der Waals surface area contributed by atoms with Crippen molar-refractivity contribution in [3.8, 4) is 0 Å². The van der Waals surface area contributed by atoms with Gasteiger partial charge in [0.25, 0.3) is 5.91 Å². The second-order valence-electron chi connectivity index (χ2n) is 4.89. The molecular weight excluding hydrogens is 290 g/mol. The topological polar surface area (TPSA) is 78.6 Å². The summed E-state index contributed by atoms with van der Waals surface area (Å²) >= 11 is 1.57. The smallest absolute Gasteiger partial charge is 0.340 e. The molecule has 21 heavy (non-hydrogen) atoms. The maximum absolute atomic E-state index is 12.1. The van der Waals surface area contributed by atoms with Crippen LogP contribution in [0.3, 0.4) is 0 Å². The summed E-state index contributed by atoms with van der Waals surface area (Å²) in [5, 5.41) is 0. The highest BCUT2D eigenvalue weighted by Crippen LogP contribution is 2.27. The summed E-state index contributed by atoms with van der Waals surface area (Å²) in [7, 11) is 0. The van der Waals surface area contributed by atoms with Crippen molar-refractivity contribution in [2.45, 2.75) is 36.9 Å². The van der Waals surface area contributed by atoms with Crippen molar-refractivity contribution in [3.63, 3.8) is 0 Å². The van der Waals surface area contributed by atoms with Crippen LogP contribution >= 0.6 is 11.8 Å². The average Bonchev–Trinajstić information content (AvgIpc) is 2.98. The Hall–Kier alpha value is -1.53. The highest BCUT2D eigenvalue weighted by Gasteiger charge is 2.20. The number of rotatable bonds is 6. The van der Waals surface area contributed by atoms with Gasteiger partial charge in [-0.25, -0.2) is 4.79 Å². The highest BCUT2D eigenvalue weighted by atomic mass is 32.2. The number of hydrogen-bond acceptors (Lipinski definition) is 5. The zero-order valence-corrected chi connectivity index (χ0v) is 12.7. The van der Waals surface area contributed by atoms with E-state index in [0.29, 0.717) is 5.56 Å². The largest absolute Gasteiger partial charge is 0.449 e. The fourth-order valence-electron chi connectivity index (χ4n) is 2.00. The van der Waals surface area contributed by atoms with E-state index in [1.165, 1.54) is 6.92 Å². The summed E-state index contributed by atoms with van der Waals surface area (Å²) in [4.78, 5) is 23.9. The molecule has 1 fully saturated rings. The molecule has 0 unspecified atom stereocenters. The van der Waals surface area contributed by atoms with Gasteiger partial charge in [0, 0.05) is 17.3 Å². The number of benzene rings is 1. The van der Waals surface area contributed by atoms with Gasteiger partial charge in [-0.2, -0.15) is 0 Å². The molecule has 0 saturated carbocycles. The van der Waals surface area contributed by atoms with Crippen LogP contribution in [0.4, 0.5) is 0 Å². The van der Waals surface area contributed by atoms with E-state index in [9.17, 15) is 9.59 Å². The van der Waals surface area contributed by atoms with E-state index in [2.05, 4.69) is 0 Å². The van der Waals surface area contributed by atoms with Gasteiger partial charge < -0.3 is 15.2 Å². The first kappa shape index (κ1) is 15.9. The number of thioether (sulfide) groups is 1. The molecule has 2 N–H and O–H groups in total. The van der Waals surface area contributed by atoms with Crippen LogP contribution in [0.15, 0.2) is 29.2 Å². The van der Waals surface area contributed by atoms with E-state index in [-0.39, 0.29) is 6.10 Å². The van der Waals surface area contributed by atoms with Crippen molar-refractivity contribution in [1.82, 2.24) is 0 Å². The van der Waals surface area contributed by atoms with Crippen LogP contribution in [0.2, 0.25) is 0 Å². The maximum atomic E-state index is 12.1. The van der Waals surface area contributed by atoms with Crippen molar-refractivity contribution in [1.29, 1.82) is 0 Å². The number of hydrogen-bond donors (Lipinski definition) is 1. The number of primary amides is 1. The molecule has 1 aliphatic heterocycles. The van der Waals surface area contributed by atoms with Crippen molar-refractivity contribution in [2.24, 2.45) is 5.73 Å². The molecule has 1 amide bonds. The molecule has 1 heterocycles. The fraction of sp³-hybridized carbons (Fsp3) is 0.467. The minimum absolute atomic E-state index is 0.239. The van der Waals surface area contributed by atoms with Gasteiger partial charge >= 0.3 is 5.97 Å². The zero-order valence-electron chi connectivity index (χ0n) is 11.9. The SMILES string of the molecule is C[C@@H](OC(=O)c1ccccc1SC[C@H]1CCCO1)C(N)=O. The minimum atomic E-state index is -0.936. The van der Waals surface area contributed by atoms with E-state index in [4.69, 9.17) is 15.2 Å². The minimum Gasteiger partial charge on any atom is -0.449 e. The van der Waals surface area contributed by atoms with Crippen molar-refractivity contribution < 1.29 is 19.1 Å². The molecule has 1 aromatic rings. The first-order chi connectivity index (χ1) is 10.1. The standard InChI is InChI=1S/C15H19NO4S/c1-10(14(16)17)20-15(18)12-6-2-3-7-13(12)21-9-11-5-4-8-19-11/h2-3,6-7,10-11H,4-5,8-9H2,1H3,(H2,16,17)/t10-,11-/m1/s1. The molecule has 1 saturated heterocycles. The maximum Gasteiger partial charge on any atom is 0.340 e. The Labute approximate surface area is 128 Å². The molecule has 0 radical (unpaired) electrons. The molecule has 2 rings (SSSR count). The zero-order chi connectivity index (χ0) is 15.2. The summed E-state index contributed by atoms with van der Waals surface area (Å²) in [5.74, 6) is -0.389. The second kappa shape index (κ2) is 7.47. The van der Waals surface area contributed by atoms with E-state index in [1.54, 1.807) is 23.9 Å². The normalized spacial score (nSPS) is 19.2. The van der Waals surface area contributed by atoms with E-state index >= 15 is 0 Å². The lowest BCUT2D eigenvalue weighted by Crippen LogP contribution is -2.30. The number of carbonyl (C=O) groups excluding carboxylic acids is 2. The summed E-state index contributed by atoms with van der Waals surface area (Å²) in [5.41, 5.74) is 5.56. The Morgan fingerprint density at radius 1 is 1.48 bits per heavy atom. The molecule has 0 aromatic heterocycles. The number of amides is 1. The van der Waals surface area contributed by atoms with Gasteiger partial charge in [0.15, 0.2) is 6.10 Å². The van der Waals surface area contributed by atoms with Crippen molar-refractivity contribution >= 4 is 23.6 Å². The lowest BCUT2D eigenvalue weighted by atomic mass is 10.2. The predicted octanol–water partition coefficient (Wildman–Crippen LogP) is 1.99. The molecule has 2 atom stereocenters. The van der Waals surface area contributed by atoms with Crippen LogP contribution in [0.1, 0.15) is 30.1 Å². The third kappa shape index (κ3) is 4.47. The third-order valence-electron chi connectivity index (χ3n) is 3.24. The first-order valence-electron chi connectivity index (χ1n) is 6.91. The summed E-state index contributed by atoms with van der Waals surface area (Å²) < 4.78 is 10.6. The van der Waals surface area contributed by atoms with Crippen LogP contribution in [-0.4, -0.2) is 36.4 Å². The first-order valence-corrected chi connectivity index (χ1v) is 7.90. The van der Waals surface area contributed by atoms with Crippen LogP contribution in [-0.2, 0) is 14.3 Å².